The molecule has 0 spiro atoms. The molecule has 0 saturated heterocycles. The van der Waals surface area contributed by atoms with Gasteiger partial charge in [-0.3, -0.25) is 0 Å². The Bertz CT molecular complexity index is 554. The van der Waals surface area contributed by atoms with Crippen LogP contribution < -0.4 is 5.32 Å². The summed E-state index contributed by atoms with van der Waals surface area (Å²) in [4.78, 5) is 14.1. The van der Waals surface area contributed by atoms with E-state index < -0.39 is 0 Å². The SMILES string of the molecule is CCOC(=O)C1=C(C)NC(=S)N(C)C1c1ccccc1. The summed E-state index contributed by atoms with van der Waals surface area (Å²) >= 11 is 5.32. The van der Waals surface area contributed by atoms with E-state index in [1.807, 2.05) is 49.2 Å². The Balaban J connectivity index is 2.50. The van der Waals surface area contributed by atoms with E-state index in [0.717, 1.165) is 11.3 Å². The monoisotopic (exact) mass is 290 g/mol. The number of ether oxygens (including phenoxy) is 1. The smallest absolute Gasteiger partial charge is 0.338 e. The van der Waals surface area contributed by atoms with E-state index in [0.29, 0.717) is 17.3 Å². The van der Waals surface area contributed by atoms with Crippen LogP contribution >= 0.6 is 12.2 Å². The third-order valence-electron chi connectivity index (χ3n) is 3.29. The second-order valence-corrected chi connectivity index (χ2v) is 5.00. The summed E-state index contributed by atoms with van der Waals surface area (Å²) in [6.07, 6.45) is 0. The number of rotatable bonds is 3. The largest absolute Gasteiger partial charge is 0.463 e. The van der Waals surface area contributed by atoms with Crippen LogP contribution in [-0.4, -0.2) is 29.6 Å². The Morgan fingerprint density at radius 1 is 1.40 bits per heavy atom. The highest BCUT2D eigenvalue weighted by Crippen LogP contribution is 2.32. The van der Waals surface area contributed by atoms with Crippen LogP contribution in [-0.2, 0) is 9.53 Å². The molecule has 2 rings (SSSR count). The number of likely N-dealkylation sites (N-methyl/N-ethyl adjacent to an activating group) is 1. The lowest BCUT2D eigenvalue weighted by Gasteiger charge is -2.37. The molecule has 1 aliphatic rings. The molecular weight excluding hydrogens is 272 g/mol. The first kappa shape index (κ1) is 14.5. The van der Waals surface area contributed by atoms with Gasteiger partial charge in [-0.2, -0.15) is 0 Å². The first-order valence-electron chi connectivity index (χ1n) is 6.53. The maximum atomic E-state index is 12.3. The number of allylic oxidation sites excluding steroid dienone is 1. The zero-order valence-electron chi connectivity index (χ0n) is 11.8. The van der Waals surface area contributed by atoms with Crippen LogP contribution in [0, 0.1) is 0 Å². The van der Waals surface area contributed by atoms with Crippen molar-refractivity contribution in [1.82, 2.24) is 10.2 Å². The zero-order valence-corrected chi connectivity index (χ0v) is 12.7. The van der Waals surface area contributed by atoms with Crippen LogP contribution in [0.2, 0.25) is 0 Å². The summed E-state index contributed by atoms with van der Waals surface area (Å²) < 4.78 is 5.18. The Morgan fingerprint density at radius 2 is 2.05 bits per heavy atom. The van der Waals surface area contributed by atoms with Crippen molar-refractivity contribution in [2.45, 2.75) is 19.9 Å². The van der Waals surface area contributed by atoms with Crippen LogP contribution in [0.25, 0.3) is 0 Å². The van der Waals surface area contributed by atoms with Crippen molar-refractivity contribution in [3.63, 3.8) is 0 Å². The molecule has 1 unspecified atom stereocenters. The normalized spacial score (nSPS) is 18.9. The summed E-state index contributed by atoms with van der Waals surface area (Å²) in [6.45, 7) is 4.00. The van der Waals surface area contributed by atoms with Gasteiger partial charge in [-0.05, 0) is 31.6 Å². The minimum absolute atomic E-state index is 0.219. The van der Waals surface area contributed by atoms with Crippen LogP contribution in [0.15, 0.2) is 41.6 Å². The van der Waals surface area contributed by atoms with E-state index in [-0.39, 0.29) is 12.0 Å². The van der Waals surface area contributed by atoms with Crippen LogP contribution in [0.3, 0.4) is 0 Å². The first-order valence-corrected chi connectivity index (χ1v) is 6.93. The number of hydrogen-bond acceptors (Lipinski definition) is 3. The Hall–Kier alpha value is -1.88. The highest BCUT2D eigenvalue weighted by molar-refractivity contribution is 7.80. The highest BCUT2D eigenvalue weighted by atomic mass is 32.1. The molecule has 1 atom stereocenters. The van der Waals surface area contributed by atoms with Crippen molar-refractivity contribution < 1.29 is 9.53 Å². The molecule has 1 aliphatic heterocycles. The van der Waals surface area contributed by atoms with Crippen molar-refractivity contribution in [3.8, 4) is 0 Å². The average Bonchev–Trinajstić information content (AvgIpc) is 2.43. The van der Waals surface area contributed by atoms with Gasteiger partial charge in [0.25, 0.3) is 0 Å². The Labute approximate surface area is 124 Å². The number of esters is 1. The lowest BCUT2D eigenvalue weighted by atomic mass is 9.94. The van der Waals surface area contributed by atoms with Gasteiger partial charge in [0.15, 0.2) is 5.11 Å². The second kappa shape index (κ2) is 6.05. The minimum atomic E-state index is -0.305. The highest BCUT2D eigenvalue weighted by Gasteiger charge is 2.34. The summed E-state index contributed by atoms with van der Waals surface area (Å²) in [5, 5.41) is 3.66. The van der Waals surface area contributed by atoms with Crippen molar-refractivity contribution in [3.05, 3.63) is 47.2 Å². The van der Waals surface area contributed by atoms with E-state index >= 15 is 0 Å². The van der Waals surface area contributed by atoms with Gasteiger partial charge in [-0.25, -0.2) is 4.79 Å². The lowest BCUT2D eigenvalue weighted by molar-refractivity contribution is -0.139. The fourth-order valence-corrected chi connectivity index (χ4v) is 2.59. The Morgan fingerprint density at radius 3 is 2.65 bits per heavy atom. The molecule has 106 valence electrons. The molecule has 1 N–H and O–H groups in total. The Kier molecular flexibility index (Phi) is 4.39. The van der Waals surface area contributed by atoms with Gasteiger partial charge in [-0.1, -0.05) is 30.3 Å². The van der Waals surface area contributed by atoms with E-state index in [4.69, 9.17) is 17.0 Å². The number of carbonyl (C=O) groups excluding carboxylic acids is 1. The van der Waals surface area contributed by atoms with E-state index in [1.54, 1.807) is 6.92 Å². The molecule has 1 aromatic carbocycles. The first-order chi connectivity index (χ1) is 9.56. The second-order valence-electron chi connectivity index (χ2n) is 4.61. The molecule has 0 aromatic heterocycles. The van der Waals surface area contributed by atoms with Crippen LogP contribution in [0.5, 0.6) is 0 Å². The van der Waals surface area contributed by atoms with E-state index in [2.05, 4.69) is 5.32 Å². The van der Waals surface area contributed by atoms with Crippen molar-refractivity contribution >= 4 is 23.3 Å². The van der Waals surface area contributed by atoms with Gasteiger partial charge in [-0.15, -0.1) is 0 Å². The molecule has 0 saturated carbocycles. The third-order valence-corrected chi connectivity index (χ3v) is 3.68. The van der Waals surface area contributed by atoms with Crippen molar-refractivity contribution in [2.75, 3.05) is 13.7 Å². The van der Waals surface area contributed by atoms with E-state index in [1.165, 1.54) is 0 Å². The number of carbonyl (C=O) groups is 1. The van der Waals surface area contributed by atoms with E-state index in [9.17, 15) is 4.79 Å². The number of nitrogens with zero attached hydrogens (tertiary/aromatic N) is 1. The van der Waals surface area contributed by atoms with Crippen LogP contribution in [0.4, 0.5) is 0 Å². The quantitative estimate of drug-likeness (QED) is 0.684. The van der Waals surface area contributed by atoms with Crippen molar-refractivity contribution in [1.29, 1.82) is 0 Å². The molecular formula is C15H18N2O2S. The van der Waals surface area contributed by atoms with Gasteiger partial charge >= 0.3 is 5.97 Å². The lowest BCUT2D eigenvalue weighted by Crippen LogP contribution is -2.46. The molecule has 0 aliphatic carbocycles. The molecule has 0 fully saturated rings. The summed E-state index contributed by atoms with van der Waals surface area (Å²) in [6, 6.07) is 9.61. The third kappa shape index (κ3) is 2.67. The predicted octanol–water partition coefficient (Wildman–Crippen LogP) is 2.38. The number of hydrogen-bond donors (Lipinski definition) is 1. The van der Waals surface area contributed by atoms with Crippen LogP contribution in [0.1, 0.15) is 25.5 Å². The maximum Gasteiger partial charge on any atom is 0.338 e. The van der Waals surface area contributed by atoms with Gasteiger partial charge in [0.1, 0.15) is 0 Å². The molecule has 1 heterocycles. The van der Waals surface area contributed by atoms with Gasteiger partial charge in [0.05, 0.1) is 18.2 Å². The van der Waals surface area contributed by atoms with Gasteiger partial charge in [0.2, 0.25) is 0 Å². The summed E-state index contributed by atoms with van der Waals surface area (Å²) in [5.41, 5.74) is 2.37. The number of benzene rings is 1. The fraction of sp³-hybridized carbons (Fsp3) is 0.333. The molecule has 5 heteroatoms. The molecule has 0 radical (unpaired) electrons. The maximum absolute atomic E-state index is 12.3. The molecule has 4 nitrogen and oxygen atoms in total. The number of nitrogens with one attached hydrogen (secondary N) is 1. The topological polar surface area (TPSA) is 41.6 Å². The summed E-state index contributed by atoms with van der Waals surface area (Å²) in [5.74, 6) is -0.305. The fourth-order valence-electron chi connectivity index (χ4n) is 2.33. The average molecular weight is 290 g/mol. The molecule has 20 heavy (non-hydrogen) atoms. The standard InChI is InChI=1S/C15H18N2O2S/c1-4-19-14(18)12-10(2)16-15(20)17(3)13(12)11-8-6-5-7-9-11/h5-9,13H,4H2,1-3H3,(H,16,20). The molecule has 1 aromatic rings. The minimum Gasteiger partial charge on any atom is -0.463 e. The van der Waals surface area contributed by atoms with Gasteiger partial charge < -0.3 is 15.0 Å². The zero-order chi connectivity index (χ0) is 14.7. The van der Waals surface area contributed by atoms with Crippen molar-refractivity contribution in [2.24, 2.45) is 0 Å². The number of thiocarbonyl (C=S) groups is 1. The summed E-state index contributed by atoms with van der Waals surface area (Å²) in [7, 11) is 1.87. The van der Waals surface area contributed by atoms with Gasteiger partial charge in [0, 0.05) is 12.7 Å². The predicted molar refractivity (Wildman–Crippen MR) is 82.0 cm³/mol. The molecule has 0 bridgehead atoms. The molecule has 0 amide bonds.